The molecule has 0 fully saturated rings. The SMILES string of the molecule is COC(=O)C=C=C(C)c1ccc(Cl)cc1. The molecule has 0 spiro atoms. The van der Waals surface area contributed by atoms with Gasteiger partial charge in [0.2, 0.25) is 0 Å². The van der Waals surface area contributed by atoms with Crippen LogP contribution in [0.15, 0.2) is 36.1 Å². The molecule has 0 N–H and O–H groups in total. The van der Waals surface area contributed by atoms with Crippen LogP contribution in [0.2, 0.25) is 5.02 Å². The molecule has 0 bridgehead atoms. The van der Waals surface area contributed by atoms with Crippen LogP contribution in [-0.4, -0.2) is 13.1 Å². The predicted molar refractivity (Wildman–Crippen MR) is 60.6 cm³/mol. The van der Waals surface area contributed by atoms with Gasteiger partial charge in [-0.3, -0.25) is 0 Å². The first-order chi connectivity index (χ1) is 7.13. The zero-order chi connectivity index (χ0) is 11.3. The van der Waals surface area contributed by atoms with Crippen LogP contribution >= 0.6 is 11.6 Å². The van der Waals surface area contributed by atoms with Crippen LogP contribution in [0, 0.1) is 0 Å². The number of carbonyl (C=O) groups excluding carboxylic acids is 1. The van der Waals surface area contributed by atoms with Crippen LogP contribution in [0.5, 0.6) is 0 Å². The number of hydrogen-bond acceptors (Lipinski definition) is 2. The highest BCUT2D eigenvalue weighted by Crippen LogP contribution is 2.15. The highest BCUT2D eigenvalue weighted by atomic mass is 35.5. The Hall–Kier alpha value is -1.50. The minimum absolute atomic E-state index is 0.414. The van der Waals surface area contributed by atoms with Gasteiger partial charge in [-0.25, -0.2) is 4.79 Å². The Labute approximate surface area is 93.8 Å². The lowest BCUT2D eigenvalue weighted by Crippen LogP contribution is -1.92. The summed E-state index contributed by atoms with van der Waals surface area (Å²) in [5.41, 5.74) is 4.67. The fourth-order valence-corrected chi connectivity index (χ4v) is 1.14. The molecule has 0 aromatic heterocycles. The summed E-state index contributed by atoms with van der Waals surface area (Å²) in [6, 6.07) is 7.33. The number of rotatable bonds is 2. The fraction of sp³-hybridized carbons (Fsp3) is 0.167. The first-order valence-corrected chi connectivity index (χ1v) is 4.78. The van der Waals surface area contributed by atoms with Crippen LogP contribution in [0.1, 0.15) is 12.5 Å². The first-order valence-electron chi connectivity index (χ1n) is 4.40. The van der Waals surface area contributed by atoms with E-state index in [4.69, 9.17) is 11.6 Å². The number of hydrogen-bond donors (Lipinski definition) is 0. The molecule has 0 saturated carbocycles. The Balaban J connectivity index is 2.94. The van der Waals surface area contributed by atoms with E-state index in [1.165, 1.54) is 13.2 Å². The van der Waals surface area contributed by atoms with Crippen molar-refractivity contribution in [2.45, 2.75) is 6.92 Å². The average molecular weight is 223 g/mol. The second kappa shape index (κ2) is 5.40. The summed E-state index contributed by atoms with van der Waals surface area (Å²) in [5, 5.41) is 0.684. The number of esters is 1. The lowest BCUT2D eigenvalue weighted by molar-refractivity contribution is -0.134. The normalized spacial score (nSPS) is 9.00. The van der Waals surface area contributed by atoms with Crippen molar-refractivity contribution in [3.05, 3.63) is 46.7 Å². The second-order valence-electron chi connectivity index (χ2n) is 2.94. The molecule has 1 aromatic carbocycles. The van der Waals surface area contributed by atoms with Crippen molar-refractivity contribution in [3.63, 3.8) is 0 Å². The van der Waals surface area contributed by atoms with E-state index in [-0.39, 0.29) is 0 Å². The van der Waals surface area contributed by atoms with Crippen LogP contribution in [0.4, 0.5) is 0 Å². The second-order valence-corrected chi connectivity index (χ2v) is 3.38. The maximum absolute atomic E-state index is 10.8. The Morgan fingerprint density at radius 2 is 2.00 bits per heavy atom. The van der Waals surface area contributed by atoms with Gasteiger partial charge in [0.25, 0.3) is 0 Å². The Bertz CT molecular complexity index is 412. The van der Waals surface area contributed by atoms with E-state index in [0.29, 0.717) is 5.02 Å². The topological polar surface area (TPSA) is 26.3 Å². The van der Waals surface area contributed by atoms with Crippen LogP contribution in [0.25, 0.3) is 5.57 Å². The van der Waals surface area contributed by atoms with E-state index >= 15 is 0 Å². The molecule has 0 atom stereocenters. The van der Waals surface area contributed by atoms with E-state index in [0.717, 1.165) is 11.1 Å². The zero-order valence-corrected chi connectivity index (χ0v) is 9.34. The lowest BCUT2D eigenvalue weighted by Gasteiger charge is -1.97. The molecule has 0 saturated heterocycles. The first kappa shape index (κ1) is 11.6. The molecule has 2 nitrogen and oxygen atoms in total. The number of carbonyl (C=O) groups is 1. The Morgan fingerprint density at radius 3 is 2.53 bits per heavy atom. The molecule has 0 aliphatic heterocycles. The van der Waals surface area contributed by atoms with E-state index < -0.39 is 5.97 Å². The maximum atomic E-state index is 10.8. The summed E-state index contributed by atoms with van der Waals surface area (Å²) in [4.78, 5) is 10.8. The van der Waals surface area contributed by atoms with Gasteiger partial charge in [-0.15, -0.1) is 5.73 Å². The summed E-state index contributed by atoms with van der Waals surface area (Å²) in [6.45, 7) is 1.86. The summed E-state index contributed by atoms with van der Waals surface area (Å²) < 4.78 is 4.46. The Morgan fingerprint density at radius 1 is 1.40 bits per heavy atom. The summed E-state index contributed by atoms with van der Waals surface area (Å²) >= 11 is 5.75. The zero-order valence-electron chi connectivity index (χ0n) is 8.58. The third-order valence-corrected chi connectivity index (χ3v) is 2.14. The molecular weight excluding hydrogens is 212 g/mol. The molecule has 1 rings (SSSR count). The van der Waals surface area contributed by atoms with E-state index in [1.807, 2.05) is 19.1 Å². The molecule has 0 heterocycles. The number of benzene rings is 1. The van der Waals surface area contributed by atoms with Crippen molar-refractivity contribution in [3.8, 4) is 0 Å². The number of ether oxygens (including phenoxy) is 1. The van der Waals surface area contributed by atoms with Gasteiger partial charge in [-0.1, -0.05) is 23.7 Å². The van der Waals surface area contributed by atoms with E-state index in [9.17, 15) is 4.79 Å². The van der Waals surface area contributed by atoms with Crippen molar-refractivity contribution in [1.29, 1.82) is 0 Å². The fourth-order valence-electron chi connectivity index (χ4n) is 1.01. The highest BCUT2D eigenvalue weighted by Gasteiger charge is 1.95. The molecule has 0 aliphatic carbocycles. The summed E-state index contributed by atoms with van der Waals surface area (Å²) in [5.74, 6) is -0.414. The maximum Gasteiger partial charge on any atom is 0.338 e. The Kier molecular flexibility index (Phi) is 4.17. The quantitative estimate of drug-likeness (QED) is 0.437. The van der Waals surface area contributed by atoms with E-state index in [2.05, 4.69) is 10.5 Å². The van der Waals surface area contributed by atoms with Crippen molar-refractivity contribution in [1.82, 2.24) is 0 Å². The summed E-state index contributed by atoms with van der Waals surface area (Å²) in [6.07, 6.45) is 1.27. The van der Waals surface area contributed by atoms with Gasteiger partial charge in [0.05, 0.1) is 13.2 Å². The van der Waals surface area contributed by atoms with Gasteiger partial charge >= 0.3 is 5.97 Å². The van der Waals surface area contributed by atoms with Crippen molar-refractivity contribution < 1.29 is 9.53 Å². The molecule has 3 heteroatoms. The van der Waals surface area contributed by atoms with Gasteiger partial charge in [-0.05, 0) is 30.2 Å². The molecule has 0 amide bonds. The number of halogens is 1. The van der Waals surface area contributed by atoms with Gasteiger partial charge in [-0.2, -0.15) is 0 Å². The van der Waals surface area contributed by atoms with Gasteiger partial charge in [0.15, 0.2) is 0 Å². The molecule has 15 heavy (non-hydrogen) atoms. The molecular formula is C12H11ClO2. The third-order valence-electron chi connectivity index (χ3n) is 1.88. The summed E-state index contributed by atoms with van der Waals surface area (Å²) in [7, 11) is 1.33. The van der Waals surface area contributed by atoms with Gasteiger partial charge in [0, 0.05) is 5.02 Å². The monoisotopic (exact) mass is 222 g/mol. The van der Waals surface area contributed by atoms with Crippen LogP contribution in [-0.2, 0) is 9.53 Å². The predicted octanol–water partition coefficient (Wildman–Crippen LogP) is 3.07. The lowest BCUT2D eigenvalue weighted by atomic mass is 10.1. The van der Waals surface area contributed by atoms with Crippen molar-refractivity contribution in [2.24, 2.45) is 0 Å². The minimum Gasteiger partial charge on any atom is -0.465 e. The van der Waals surface area contributed by atoms with Crippen LogP contribution < -0.4 is 0 Å². The molecule has 1 aromatic rings. The average Bonchev–Trinajstić information content (AvgIpc) is 2.26. The smallest absolute Gasteiger partial charge is 0.338 e. The molecule has 0 unspecified atom stereocenters. The number of methoxy groups -OCH3 is 1. The third kappa shape index (κ3) is 3.62. The standard InChI is InChI=1S/C12H11ClO2/c1-9(3-8-12(14)15-2)10-4-6-11(13)7-5-10/h4-8H,1-2H3. The highest BCUT2D eigenvalue weighted by molar-refractivity contribution is 6.30. The minimum atomic E-state index is -0.414. The van der Waals surface area contributed by atoms with Crippen LogP contribution in [0.3, 0.4) is 0 Å². The van der Waals surface area contributed by atoms with E-state index in [1.54, 1.807) is 12.1 Å². The molecule has 0 radical (unpaired) electrons. The molecule has 78 valence electrons. The van der Waals surface area contributed by atoms with Crippen molar-refractivity contribution in [2.75, 3.05) is 7.11 Å². The van der Waals surface area contributed by atoms with Crippen molar-refractivity contribution >= 4 is 23.1 Å². The van der Waals surface area contributed by atoms with Gasteiger partial charge in [0.1, 0.15) is 0 Å². The largest absolute Gasteiger partial charge is 0.465 e. The van der Waals surface area contributed by atoms with Gasteiger partial charge < -0.3 is 4.74 Å². The molecule has 0 aliphatic rings.